The average molecular weight is 119 g/mol. The monoisotopic (exact) mass is 119 g/mol. The van der Waals surface area contributed by atoms with Crippen LogP contribution in [-0.4, -0.2) is 24.3 Å². The van der Waals surface area contributed by atoms with Gasteiger partial charge in [0.25, 0.3) is 0 Å². The zero-order valence-corrected chi connectivity index (χ0v) is 4.35. The van der Waals surface area contributed by atoms with Crippen LogP contribution >= 0.6 is 0 Å². The molecule has 5 nitrogen and oxygen atoms in total. The number of rotatable bonds is 3. The van der Waals surface area contributed by atoms with Crippen LogP contribution in [-0.2, 0) is 0 Å². The first-order valence-electron chi connectivity index (χ1n) is 2.16. The van der Waals surface area contributed by atoms with E-state index in [9.17, 15) is 4.79 Å². The van der Waals surface area contributed by atoms with E-state index in [1.807, 2.05) is 0 Å². The van der Waals surface area contributed by atoms with Gasteiger partial charge < -0.3 is 10.8 Å². The van der Waals surface area contributed by atoms with E-state index >= 15 is 0 Å². The zero-order chi connectivity index (χ0) is 6.41. The van der Waals surface area contributed by atoms with Crippen LogP contribution in [0.2, 0.25) is 0 Å². The van der Waals surface area contributed by atoms with E-state index in [2.05, 4.69) is 16.6 Å². The third-order valence-electron chi connectivity index (χ3n) is 0.448. The minimum Gasteiger partial charge on any atom is -0.395 e. The molecule has 0 aliphatic heterocycles. The van der Waals surface area contributed by atoms with Gasteiger partial charge in [0.2, 0.25) is 0 Å². The summed E-state index contributed by atoms with van der Waals surface area (Å²) < 4.78 is 0. The Morgan fingerprint density at radius 1 is 1.75 bits per heavy atom. The van der Waals surface area contributed by atoms with E-state index in [-0.39, 0.29) is 6.61 Å². The van der Waals surface area contributed by atoms with Gasteiger partial charge in [-0.2, -0.15) is 0 Å². The molecule has 0 atom stereocenters. The van der Waals surface area contributed by atoms with Crippen molar-refractivity contribution in [3.8, 4) is 0 Å². The number of nitrogens with two attached hydrogens (primary N) is 1. The molecular formula is C3H9N3O2. The maximum absolute atomic E-state index is 9.84. The Balaban J connectivity index is 2.82. The van der Waals surface area contributed by atoms with Crippen LogP contribution < -0.4 is 16.6 Å². The number of aliphatic hydroxyl groups excluding tert-OH is 1. The zero-order valence-electron chi connectivity index (χ0n) is 4.35. The molecule has 0 saturated heterocycles. The summed E-state index contributed by atoms with van der Waals surface area (Å²) in [6, 6.07) is -0.654. The van der Waals surface area contributed by atoms with Crippen LogP contribution in [0, 0.1) is 0 Å². The minimum absolute atomic E-state index is 0.0275. The largest absolute Gasteiger partial charge is 0.395 e. The summed E-state index contributed by atoms with van der Waals surface area (Å²) in [5.74, 6) is 0. The molecule has 0 radical (unpaired) electrons. The van der Waals surface area contributed by atoms with Crippen LogP contribution in [0.5, 0.6) is 0 Å². The second-order valence-corrected chi connectivity index (χ2v) is 1.14. The topological polar surface area (TPSA) is 87.4 Å². The first-order valence-corrected chi connectivity index (χ1v) is 2.16. The summed E-state index contributed by atoms with van der Waals surface area (Å²) in [5.41, 5.74) is 9.07. The second kappa shape index (κ2) is 4.35. The Hall–Kier alpha value is -0.810. The highest BCUT2D eigenvalue weighted by molar-refractivity contribution is 5.70. The Bertz CT molecular complexity index is 74.9. The fourth-order valence-electron chi connectivity index (χ4n) is 0.206. The first-order chi connectivity index (χ1) is 3.77. The minimum atomic E-state index is -0.654. The molecule has 48 valence electrons. The Morgan fingerprint density at radius 2 is 2.38 bits per heavy atom. The highest BCUT2D eigenvalue weighted by Gasteiger charge is 1.84. The van der Waals surface area contributed by atoms with E-state index in [0.29, 0.717) is 6.54 Å². The third kappa shape index (κ3) is 5.19. The van der Waals surface area contributed by atoms with Gasteiger partial charge in [0, 0.05) is 6.54 Å². The van der Waals surface area contributed by atoms with Crippen LogP contribution in [0.3, 0.4) is 0 Å². The molecule has 5 heteroatoms. The number of carbonyl (C=O) groups is 1. The quantitative estimate of drug-likeness (QED) is 0.260. The maximum Gasteiger partial charge on any atom is 0.326 e. The average Bonchev–Trinajstić information content (AvgIpc) is 1.66. The number of hydrazine groups is 1. The maximum atomic E-state index is 9.84. The summed E-state index contributed by atoms with van der Waals surface area (Å²) in [7, 11) is 0. The molecule has 2 amide bonds. The van der Waals surface area contributed by atoms with Gasteiger partial charge in [-0.1, -0.05) is 0 Å². The van der Waals surface area contributed by atoms with Crippen molar-refractivity contribution in [3.63, 3.8) is 0 Å². The molecule has 0 rings (SSSR count). The lowest BCUT2D eigenvalue weighted by Crippen LogP contribution is -2.42. The SMILES string of the molecule is NC(=O)NNCCO. The van der Waals surface area contributed by atoms with Gasteiger partial charge in [-0.05, 0) is 0 Å². The van der Waals surface area contributed by atoms with Crippen LogP contribution in [0.4, 0.5) is 4.79 Å². The molecule has 0 aromatic carbocycles. The number of urea groups is 1. The molecule has 0 heterocycles. The van der Waals surface area contributed by atoms with E-state index < -0.39 is 6.03 Å². The van der Waals surface area contributed by atoms with Crippen molar-refractivity contribution >= 4 is 6.03 Å². The number of hydrogen-bond donors (Lipinski definition) is 4. The first kappa shape index (κ1) is 7.19. The summed E-state index contributed by atoms with van der Waals surface area (Å²) in [5, 5.41) is 8.12. The summed E-state index contributed by atoms with van der Waals surface area (Å²) in [6.45, 7) is 0.281. The van der Waals surface area contributed by atoms with Crippen LogP contribution in [0.25, 0.3) is 0 Å². The molecule has 0 aliphatic rings. The van der Waals surface area contributed by atoms with Crippen molar-refractivity contribution in [2.24, 2.45) is 5.73 Å². The number of carbonyl (C=O) groups excluding carboxylic acids is 1. The molecule has 0 unspecified atom stereocenters. The second-order valence-electron chi connectivity index (χ2n) is 1.14. The highest BCUT2D eigenvalue weighted by atomic mass is 16.3. The Morgan fingerprint density at radius 3 is 2.75 bits per heavy atom. The van der Waals surface area contributed by atoms with Crippen molar-refractivity contribution < 1.29 is 9.90 Å². The van der Waals surface area contributed by atoms with Gasteiger partial charge in [0.15, 0.2) is 0 Å². The fraction of sp³-hybridized carbons (Fsp3) is 0.667. The van der Waals surface area contributed by atoms with E-state index in [1.54, 1.807) is 0 Å². The van der Waals surface area contributed by atoms with Crippen molar-refractivity contribution in [3.05, 3.63) is 0 Å². The molecule has 0 aromatic heterocycles. The van der Waals surface area contributed by atoms with Gasteiger partial charge >= 0.3 is 6.03 Å². The van der Waals surface area contributed by atoms with Crippen molar-refractivity contribution in [2.45, 2.75) is 0 Å². The molecule has 5 N–H and O–H groups in total. The van der Waals surface area contributed by atoms with Gasteiger partial charge in [0.05, 0.1) is 6.61 Å². The molecule has 0 aliphatic carbocycles. The van der Waals surface area contributed by atoms with E-state index in [4.69, 9.17) is 5.11 Å². The Labute approximate surface area is 46.8 Å². The number of aliphatic hydroxyl groups is 1. The van der Waals surface area contributed by atoms with E-state index in [1.165, 1.54) is 0 Å². The predicted octanol–water partition coefficient (Wildman–Crippen LogP) is -1.85. The Kier molecular flexibility index (Phi) is 3.91. The lowest BCUT2D eigenvalue weighted by molar-refractivity contribution is 0.240. The lowest BCUT2D eigenvalue weighted by atomic mass is 10.7. The summed E-state index contributed by atoms with van der Waals surface area (Å²) in [4.78, 5) is 9.84. The molecule has 8 heavy (non-hydrogen) atoms. The van der Waals surface area contributed by atoms with Crippen molar-refractivity contribution in [1.29, 1.82) is 0 Å². The van der Waals surface area contributed by atoms with Crippen LogP contribution in [0.1, 0.15) is 0 Å². The summed E-state index contributed by atoms with van der Waals surface area (Å²) in [6.07, 6.45) is 0. The summed E-state index contributed by atoms with van der Waals surface area (Å²) >= 11 is 0. The number of primary amides is 1. The number of hydrogen-bond acceptors (Lipinski definition) is 3. The van der Waals surface area contributed by atoms with Crippen LogP contribution in [0.15, 0.2) is 0 Å². The van der Waals surface area contributed by atoms with Gasteiger partial charge in [-0.25, -0.2) is 10.2 Å². The molecule has 0 bridgehead atoms. The highest BCUT2D eigenvalue weighted by Crippen LogP contribution is 1.49. The molecule has 0 saturated carbocycles. The third-order valence-corrected chi connectivity index (χ3v) is 0.448. The lowest BCUT2D eigenvalue weighted by Gasteiger charge is -1.98. The molecular weight excluding hydrogens is 110 g/mol. The normalized spacial score (nSPS) is 8.62. The van der Waals surface area contributed by atoms with Crippen molar-refractivity contribution in [1.82, 2.24) is 10.9 Å². The van der Waals surface area contributed by atoms with Gasteiger partial charge in [-0.3, -0.25) is 5.43 Å². The molecule has 0 aromatic rings. The van der Waals surface area contributed by atoms with Crippen molar-refractivity contribution in [2.75, 3.05) is 13.2 Å². The van der Waals surface area contributed by atoms with E-state index in [0.717, 1.165) is 0 Å². The van der Waals surface area contributed by atoms with Gasteiger partial charge in [-0.15, -0.1) is 0 Å². The molecule has 0 spiro atoms. The predicted molar refractivity (Wildman–Crippen MR) is 27.8 cm³/mol. The van der Waals surface area contributed by atoms with Gasteiger partial charge in [0.1, 0.15) is 0 Å². The number of amides is 2. The smallest absolute Gasteiger partial charge is 0.326 e. The standard InChI is InChI=1S/C3H9N3O2/c4-3(8)6-5-1-2-7/h5,7H,1-2H2,(H3,4,6,8). The number of nitrogens with one attached hydrogen (secondary N) is 2. The fourth-order valence-corrected chi connectivity index (χ4v) is 0.206. The molecule has 0 fully saturated rings.